The number of hydrogen-bond acceptors (Lipinski definition) is 4. The topological polar surface area (TPSA) is 57.7 Å². The molecule has 4 aliphatic rings. The number of para-hydroxylation sites is 1. The van der Waals surface area contributed by atoms with Gasteiger partial charge in [0.25, 0.3) is 0 Å². The minimum absolute atomic E-state index is 0.0184. The molecule has 6 rings (SSSR count). The van der Waals surface area contributed by atoms with E-state index >= 15 is 0 Å². The summed E-state index contributed by atoms with van der Waals surface area (Å²) < 4.78 is 0. The molecular formula is C27H26N2O3. The molecule has 2 amide bonds. The third-order valence-electron chi connectivity index (χ3n) is 7.72. The summed E-state index contributed by atoms with van der Waals surface area (Å²) in [7, 11) is 0. The van der Waals surface area contributed by atoms with Crippen LogP contribution < -0.4 is 4.90 Å². The van der Waals surface area contributed by atoms with Crippen molar-refractivity contribution in [3.05, 3.63) is 71.8 Å². The zero-order chi connectivity index (χ0) is 21.8. The van der Waals surface area contributed by atoms with Crippen LogP contribution in [0.1, 0.15) is 48.0 Å². The van der Waals surface area contributed by atoms with Gasteiger partial charge in [-0.3, -0.25) is 19.3 Å². The third-order valence-corrected chi connectivity index (χ3v) is 7.72. The van der Waals surface area contributed by atoms with Gasteiger partial charge in [-0.1, -0.05) is 79.9 Å². The average Bonchev–Trinajstić information content (AvgIpc) is 3.32. The predicted molar refractivity (Wildman–Crippen MR) is 122 cm³/mol. The highest BCUT2D eigenvalue weighted by Crippen LogP contribution is 2.50. The Balaban J connectivity index is 1.46. The fourth-order valence-electron chi connectivity index (χ4n) is 6.31. The molecule has 1 saturated carbocycles. The van der Waals surface area contributed by atoms with Gasteiger partial charge in [0.15, 0.2) is 5.78 Å². The Hall–Kier alpha value is -3.21. The zero-order valence-electron chi connectivity index (χ0n) is 17.9. The van der Waals surface area contributed by atoms with Gasteiger partial charge >= 0.3 is 0 Å². The highest BCUT2D eigenvalue weighted by atomic mass is 16.2. The largest absolute Gasteiger partial charge is 0.352 e. The summed E-state index contributed by atoms with van der Waals surface area (Å²) >= 11 is 0. The fourth-order valence-corrected chi connectivity index (χ4v) is 6.31. The van der Waals surface area contributed by atoms with Crippen molar-refractivity contribution in [1.29, 1.82) is 0 Å². The lowest BCUT2D eigenvalue weighted by Crippen LogP contribution is -2.51. The van der Waals surface area contributed by atoms with E-state index in [0.717, 1.165) is 43.4 Å². The molecule has 1 aliphatic carbocycles. The van der Waals surface area contributed by atoms with Crippen molar-refractivity contribution < 1.29 is 14.4 Å². The maximum atomic E-state index is 13.8. The van der Waals surface area contributed by atoms with Crippen molar-refractivity contribution in [2.75, 3.05) is 4.90 Å². The van der Waals surface area contributed by atoms with Crippen molar-refractivity contribution in [1.82, 2.24) is 4.90 Å². The Labute approximate surface area is 187 Å². The van der Waals surface area contributed by atoms with Gasteiger partial charge in [-0.05, 0) is 24.5 Å². The molecule has 32 heavy (non-hydrogen) atoms. The number of likely N-dealkylation sites (tertiary alicyclic amines) is 1. The average molecular weight is 427 g/mol. The zero-order valence-corrected chi connectivity index (χ0v) is 17.9. The molecule has 0 aromatic heterocycles. The second-order valence-corrected chi connectivity index (χ2v) is 9.38. The molecule has 4 atom stereocenters. The third kappa shape index (κ3) is 2.73. The van der Waals surface area contributed by atoms with Gasteiger partial charge in [0, 0.05) is 17.3 Å². The molecule has 3 fully saturated rings. The second-order valence-electron chi connectivity index (χ2n) is 9.38. The first-order valence-corrected chi connectivity index (χ1v) is 11.7. The number of amides is 2. The van der Waals surface area contributed by atoms with E-state index in [2.05, 4.69) is 0 Å². The summed E-state index contributed by atoms with van der Waals surface area (Å²) in [6, 6.07) is 16.1. The summed E-state index contributed by atoms with van der Waals surface area (Å²) in [5.41, 5.74) is 2.52. The number of nitrogens with zero attached hydrogens (tertiary/aromatic N) is 2. The normalized spacial score (nSPS) is 29.1. The van der Waals surface area contributed by atoms with E-state index in [9.17, 15) is 14.4 Å². The fraction of sp³-hybridized carbons (Fsp3) is 0.370. The van der Waals surface area contributed by atoms with Gasteiger partial charge in [-0.25, -0.2) is 0 Å². The van der Waals surface area contributed by atoms with Gasteiger partial charge in [0.05, 0.1) is 17.9 Å². The number of anilines is 1. The van der Waals surface area contributed by atoms with Crippen LogP contribution in [0.2, 0.25) is 0 Å². The first-order valence-electron chi connectivity index (χ1n) is 11.7. The van der Waals surface area contributed by atoms with E-state index in [1.54, 1.807) is 17.0 Å². The molecule has 162 valence electrons. The minimum Gasteiger partial charge on any atom is -0.352 e. The summed E-state index contributed by atoms with van der Waals surface area (Å²) in [4.78, 5) is 44.9. The highest BCUT2D eigenvalue weighted by Gasteiger charge is 2.64. The molecule has 2 aromatic rings. The SMILES string of the molecule is O=C(c1ccccc1)[C@H]1[C@@H]2C(=O)N(C3CCCCC3)C(=O)[C@@H]2[C@H]2C=Cc3ccccc3N21. The summed E-state index contributed by atoms with van der Waals surface area (Å²) in [5, 5.41) is 0. The number of ketones is 1. The minimum atomic E-state index is -0.677. The van der Waals surface area contributed by atoms with Crippen LogP contribution in [0.15, 0.2) is 60.7 Å². The quantitative estimate of drug-likeness (QED) is 0.548. The van der Waals surface area contributed by atoms with Gasteiger partial charge in [-0.15, -0.1) is 0 Å². The molecule has 2 aromatic carbocycles. The number of hydrogen-bond donors (Lipinski definition) is 0. The van der Waals surface area contributed by atoms with Crippen LogP contribution in [0.5, 0.6) is 0 Å². The van der Waals surface area contributed by atoms with E-state index in [4.69, 9.17) is 0 Å². The smallest absolute Gasteiger partial charge is 0.236 e. The van der Waals surface area contributed by atoms with Crippen LogP contribution in [-0.4, -0.2) is 40.6 Å². The van der Waals surface area contributed by atoms with Gasteiger partial charge in [0.1, 0.15) is 6.04 Å². The van der Waals surface area contributed by atoms with Gasteiger partial charge in [0.2, 0.25) is 11.8 Å². The van der Waals surface area contributed by atoms with Crippen LogP contribution in [0.4, 0.5) is 5.69 Å². The Bertz CT molecular complexity index is 1120. The Morgan fingerprint density at radius 2 is 1.50 bits per heavy atom. The van der Waals surface area contributed by atoms with E-state index < -0.39 is 17.9 Å². The van der Waals surface area contributed by atoms with Crippen LogP contribution >= 0.6 is 0 Å². The number of fused-ring (bicyclic) bond motifs is 5. The van der Waals surface area contributed by atoms with Crippen molar-refractivity contribution in [2.45, 2.75) is 50.2 Å². The lowest BCUT2D eigenvalue weighted by molar-refractivity contribution is -0.143. The lowest BCUT2D eigenvalue weighted by Gasteiger charge is -2.38. The number of imide groups is 1. The van der Waals surface area contributed by atoms with Crippen LogP contribution in [0, 0.1) is 11.8 Å². The number of carbonyl (C=O) groups excluding carboxylic acids is 3. The molecule has 0 radical (unpaired) electrons. The molecule has 5 nitrogen and oxygen atoms in total. The van der Waals surface area contributed by atoms with Crippen LogP contribution in [0.25, 0.3) is 6.08 Å². The standard InChI is InChI=1S/C27H26N2O3/c30-25(18-10-3-1-4-11-18)24-23-22(21-16-15-17-9-7-8-14-20(17)29(21)24)26(31)28(27(23)32)19-12-5-2-6-13-19/h1,3-4,7-11,14-16,19,21-24H,2,5-6,12-13H2/t21-,22-,23-,24-/m1/s1. The van der Waals surface area contributed by atoms with E-state index in [1.807, 2.05) is 59.5 Å². The van der Waals surface area contributed by atoms with Crippen LogP contribution in [-0.2, 0) is 9.59 Å². The number of rotatable bonds is 3. The Kier molecular flexibility index (Phi) is 4.53. The second kappa shape index (κ2) is 7.44. The molecule has 0 spiro atoms. The number of Topliss-reactive ketones (excluding diaryl/α,β-unsaturated/α-hetero) is 1. The number of carbonyl (C=O) groups is 3. The van der Waals surface area contributed by atoms with E-state index in [1.165, 1.54) is 0 Å². The maximum absolute atomic E-state index is 13.8. The van der Waals surface area contributed by atoms with Crippen molar-refractivity contribution >= 4 is 29.4 Å². The maximum Gasteiger partial charge on any atom is 0.236 e. The van der Waals surface area contributed by atoms with Gasteiger partial charge in [-0.2, -0.15) is 0 Å². The Morgan fingerprint density at radius 1 is 0.812 bits per heavy atom. The number of benzene rings is 2. The predicted octanol–water partition coefficient (Wildman–Crippen LogP) is 4.09. The van der Waals surface area contributed by atoms with E-state index in [-0.39, 0.29) is 29.7 Å². The monoisotopic (exact) mass is 426 g/mol. The molecular weight excluding hydrogens is 400 g/mol. The van der Waals surface area contributed by atoms with Crippen molar-refractivity contribution in [3.8, 4) is 0 Å². The molecule has 5 heteroatoms. The summed E-state index contributed by atoms with van der Waals surface area (Å²) in [6.07, 6.45) is 9.06. The molecule has 3 aliphatic heterocycles. The van der Waals surface area contributed by atoms with Crippen LogP contribution in [0.3, 0.4) is 0 Å². The first-order chi connectivity index (χ1) is 15.7. The van der Waals surface area contributed by atoms with Crippen molar-refractivity contribution in [2.24, 2.45) is 11.8 Å². The first kappa shape index (κ1) is 19.5. The molecule has 0 bridgehead atoms. The molecule has 0 N–H and O–H groups in total. The Morgan fingerprint density at radius 3 is 2.28 bits per heavy atom. The summed E-state index contributed by atoms with van der Waals surface area (Å²) in [5.74, 6) is -1.47. The molecule has 2 saturated heterocycles. The lowest BCUT2D eigenvalue weighted by atomic mass is 9.86. The van der Waals surface area contributed by atoms with E-state index in [0.29, 0.717) is 5.56 Å². The molecule has 0 unspecified atom stereocenters. The van der Waals surface area contributed by atoms with Crippen molar-refractivity contribution in [3.63, 3.8) is 0 Å². The molecule has 3 heterocycles. The summed E-state index contributed by atoms with van der Waals surface area (Å²) in [6.45, 7) is 0. The van der Waals surface area contributed by atoms with Gasteiger partial charge < -0.3 is 4.90 Å². The highest BCUT2D eigenvalue weighted by molar-refractivity contribution is 6.14.